The van der Waals surface area contributed by atoms with Crippen LogP contribution in [-0.2, 0) is 7.05 Å². The Balaban J connectivity index is 1.95. The molecule has 3 heterocycles. The number of nitrogens with zero attached hydrogens (tertiary/aromatic N) is 5. The van der Waals surface area contributed by atoms with Crippen LogP contribution in [0.25, 0.3) is 28.0 Å². The third-order valence-corrected chi connectivity index (χ3v) is 4.14. The molecule has 0 unspecified atom stereocenters. The molecule has 6 nitrogen and oxygen atoms in total. The van der Waals surface area contributed by atoms with Crippen molar-refractivity contribution in [2.24, 2.45) is 7.05 Å². The van der Waals surface area contributed by atoms with Crippen molar-refractivity contribution in [2.75, 3.05) is 0 Å². The highest BCUT2D eigenvalue weighted by atomic mass is 16.1. The fourth-order valence-corrected chi connectivity index (χ4v) is 2.90. The molecule has 0 saturated heterocycles. The molecular weight excluding hydrogens is 314 g/mol. The molecule has 0 aliphatic carbocycles. The fraction of sp³-hybridized carbons (Fsp3) is 0.158. The standard InChI is InChI=1S/C19H17N5O/c1-12-5-4-6-18(21-12)24-17(9-13(2)22-24)14-7-8-16-15(10-14)19(25)23(3)11-20-16/h4-11H,1-3H3. The van der Waals surface area contributed by atoms with Crippen LogP contribution in [0, 0.1) is 13.8 Å². The number of hydrogen-bond acceptors (Lipinski definition) is 4. The first kappa shape index (κ1) is 15.3. The second-order valence-electron chi connectivity index (χ2n) is 6.11. The fourth-order valence-electron chi connectivity index (χ4n) is 2.90. The minimum Gasteiger partial charge on any atom is -0.302 e. The van der Waals surface area contributed by atoms with Crippen LogP contribution in [0.1, 0.15) is 11.4 Å². The molecule has 0 radical (unpaired) electrons. The van der Waals surface area contributed by atoms with E-state index in [1.807, 2.05) is 61.0 Å². The maximum atomic E-state index is 12.4. The van der Waals surface area contributed by atoms with Gasteiger partial charge < -0.3 is 4.57 Å². The van der Waals surface area contributed by atoms with Crippen molar-refractivity contribution in [1.82, 2.24) is 24.3 Å². The summed E-state index contributed by atoms with van der Waals surface area (Å²) in [7, 11) is 1.70. The normalized spacial score (nSPS) is 11.2. The Kier molecular flexibility index (Phi) is 3.46. The Morgan fingerprint density at radius 2 is 1.84 bits per heavy atom. The van der Waals surface area contributed by atoms with Crippen LogP contribution in [0.15, 0.2) is 53.6 Å². The largest absolute Gasteiger partial charge is 0.302 e. The maximum Gasteiger partial charge on any atom is 0.260 e. The predicted octanol–water partition coefficient (Wildman–Crippen LogP) is 2.80. The molecule has 25 heavy (non-hydrogen) atoms. The lowest BCUT2D eigenvalue weighted by Crippen LogP contribution is -2.16. The Morgan fingerprint density at radius 1 is 1.00 bits per heavy atom. The van der Waals surface area contributed by atoms with Crippen LogP contribution >= 0.6 is 0 Å². The van der Waals surface area contributed by atoms with E-state index in [1.165, 1.54) is 10.9 Å². The van der Waals surface area contributed by atoms with Crippen LogP contribution in [0.2, 0.25) is 0 Å². The van der Waals surface area contributed by atoms with Gasteiger partial charge >= 0.3 is 0 Å². The van der Waals surface area contributed by atoms with Gasteiger partial charge in [0.2, 0.25) is 0 Å². The third kappa shape index (κ3) is 2.61. The van der Waals surface area contributed by atoms with Crippen LogP contribution in [0.5, 0.6) is 0 Å². The van der Waals surface area contributed by atoms with E-state index in [0.29, 0.717) is 10.9 Å². The van der Waals surface area contributed by atoms with Gasteiger partial charge in [0, 0.05) is 18.3 Å². The van der Waals surface area contributed by atoms with Crippen molar-refractivity contribution in [3.63, 3.8) is 0 Å². The topological polar surface area (TPSA) is 65.6 Å². The van der Waals surface area contributed by atoms with Gasteiger partial charge in [0.15, 0.2) is 5.82 Å². The molecular formula is C19H17N5O. The van der Waals surface area contributed by atoms with Crippen molar-refractivity contribution in [2.45, 2.75) is 13.8 Å². The molecule has 0 bridgehead atoms. The van der Waals surface area contributed by atoms with Crippen molar-refractivity contribution in [3.05, 3.63) is 70.5 Å². The van der Waals surface area contributed by atoms with E-state index in [0.717, 1.165) is 28.5 Å². The monoisotopic (exact) mass is 331 g/mol. The Hall–Kier alpha value is -3.28. The van der Waals surface area contributed by atoms with Gasteiger partial charge in [0.05, 0.1) is 28.6 Å². The van der Waals surface area contributed by atoms with Crippen molar-refractivity contribution in [3.8, 4) is 17.1 Å². The van der Waals surface area contributed by atoms with Crippen molar-refractivity contribution < 1.29 is 0 Å². The minimum absolute atomic E-state index is 0.0664. The zero-order chi connectivity index (χ0) is 17.6. The molecule has 124 valence electrons. The summed E-state index contributed by atoms with van der Waals surface area (Å²) < 4.78 is 3.29. The van der Waals surface area contributed by atoms with E-state index in [-0.39, 0.29) is 5.56 Å². The third-order valence-electron chi connectivity index (χ3n) is 4.14. The minimum atomic E-state index is -0.0664. The Morgan fingerprint density at radius 3 is 2.64 bits per heavy atom. The Bertz CT molecular complexity index is 1160. The first-order valence-corrected chi connectivity index (χ1v) is 7.99. The molecule has 0 N–H and O–H groups in total. The second kappa shape index (κ2) is 5.66. The highest BCUT2D eigenvalue weighted by Crippen LogP contribution is 2.25. The smallest absolute Gasteiger partial charge is 0.260 e. The molecule has 0 atom stereocenters. The summed E-state index contributed by atoms with van der Waals surface area (Å²) in [6.07, 6.45) is 1.54. The molecule has 3 aromatic heterocycles. The van der Waals surface area contributed by atoms with E-state index in [4.69, 9.17) is 0 Å². The van der Waals surface area contributed by atoms with E-state index in [1.54, 1.807) is 7.05 Å². The van der Waals surface area contributed by atoms with Gasteiger partial charge in [0.25, 0.3) is 5.56 Å². The molecule has 0 amide bonds. The highest BCUT2D eigenvalue weighted by Gasteiger charge is 2.13. The lowest BCUT2D eigenvalue weighted by molar-refractivity contribution is 0.833. The van der Waals surface area contributed by atoms with Gasteiger partial charge in [-0.1, -0.05) is 12.1 Å². The van der Waals surface area contributed by atoms with Crippen LogP contribution < -0.4 is 5.56 Å². The zero-order valence-corrected chi connectivity index (χ0v) is 14.3. The number of fused-ring (bicyclic) bond motifs is 1. The summed E-state index contributed by atoms with van der Waals surface area (Å²) >= 11 is 0. The summed E-state index contributed by atoms with van der Waals surface area (Å²) in [4.78, 5) is 21.3. The van der Waals surface area contributed by atoms with Gasteiger partial charge in [-0.15, -0.1) is 0 Å². The summed E-state index contributed by atoms with van der Waals surface area (Å²) in [5.74, 6) is 0.752. The number of benzene rings is 1. The number of hydrogen-bond donors (Lipinski definition) is 0. The number of aryl methyl sites for hydroxylation is 3. The van der Waals surface area contributed by atoms with Crippen molar-refractivity contribution >= 4 is 10.9 Å². The highest BCUT2D eigenvalue weighted by molar-refractivity contribution is 5.83. The molecule has 1 aromatic carbocycles. The Labute approximate surface area is 144 Å². The van der Waals surface area contributed by atoms with Crippen LogP contribution in [-0.4, -0.2) is 24.3 Å². The van der Waals surface area contributed by atoms with Crippen molar-refractivity contribution in [1.29, 1.82) is 0 Å². The van der Waals surface area contributed by atoms with Gasteiger partial charge in [-0.05, 0) is 44.2 Å². The van der Waals surface area contributed by atoms with Gasteiger partial charge in [-0.3, -0.25) is 4.79 Å². The van der Waals surface area contributed by atoms with E-state index < -0.39 is 0 Å². The molecule has 4 aromatic rings. The van der Waals surface area contributed by atoms with Gasteiger partial charge in [-0.25, -0.2) is 14.6 Å². The molecule has 0 aliphatic heterocycles. The van der Waals surface area contributed by atoms with Crippen LogP contribution in [0.4, 0.5) is 0 Å². The first-order chi connectivity index (χ1) is 12.0. The van der Waals surface area contributed by atoms with E-state index in [2.05, 4.69) is 15.1 Å². The van der Waals surface area contributed by atoms with Gasteiger partial charge in [-0.2, -0.15) is 5.10 Å². The second-order valence-corrected chi connectivity index (χ2v) is 6.11. The summed E-state index contributed by atoms with van der Waals surface area (Å²) in [5.41, 5.74) is 4.22. The molecule has 0 aliphatic rings. The van der Waals surface area contributed by atoms with E-state index in [9.17, 15) is 4.79 Å². The average Bonchev–Trinajstić information content (AvgIpc) is 3.00. The van der Waals surface area contributed by atoms with Crippen LogP contribution in [0.3, 0.4) is 0 Å². The SMILES string of the molecule is Cc1cccc(-n2nc(C)cc2-c2ccc3ncn(C)c(=O)c3c2)n1. The maximum absolute atomic E-state index is 12.4. The number of pyridine rings is 1. The average molecular weight is 331 g/mol. The molecule has 4 rings (SSSR count). The first-order valence-electron chi connectivity index (χ1n) is 7.99. The molecule has 0 fully saturated rings. The molecule has 0 spiro atoms. The summed E-state index contributed by atoms with van der Waals surface area (Å²) in [6, 6.07) is 13.5. The lowest BCUT2D eigenvalue weighted by atomic mass is 10.1. The molecule has 0 saturated carbocycles. The zero-order valence-electron chi connectivity index (χ0n) is 14.3. The lowest BCUT2D eigenvalue weighted by Gasteiger charge is -2.08. The molecule has 6 heteroatoms. The number of aromatic nitrogens is 5. The number of rotatable bonds is 2. The quantitative estimate of drug-likeness (QED) is 0.566. The summed E-state index contributed by atoms with van der Waals surface area (Å²) in [6.45, 7) is 3.89. The summed E-state index contributed by atoms with van der Waals surface area (Å²) in [5, 5.41) is 5.16. The van der Waals surface area contributed by atoms with E-state index >= 15 is 0 Å². The predicted molar refractivity (Wildman–Crippen MR) is 96.8 cm³/mol. The van der Waals surface area contributed by atoms with Gasteiger partial charge in [0.1, 0.15) is 0 Å².